The molecule has 26 heavy (non-hydrogen) atoms. The Morgan fingerprint density at radius 3 is 2.69 bits per heavy atom. The molecule has 1 aromatic carbocycles. The van der Waals surface area contributed by atoms with Gasteiger partial charge in [0.2, 0.25) is 0 Å². The number of aliphatic hydroxyl groups is 3. The zero-order valence-electron chi connectivity index (χ0n) is 14.3. The topological polar surface area (TPSA) is 130 Å². The van der Waals surface area contributed by atoms with Gasteiger partial charge in [-0.05, 0) is 19.1 Å². The van der Waals surface area contributed by atoms with E-state index in [4.69, 9.17) is 4.74 Å². The largest absolute Gasteiger partial charge is 0.394 e. The summed E-state index contributed by atoms with van der Waals surface area (Å²) in [6.45, 7) is 1.51. The number of ether oxygens (including phenoxy) is 1. The molecule has 1 aliphatic rings. The number of carbonyl (C=O) groups is 1. The van der Waals surface area contributed by atoms with Crippen LogP contribution in [0.4, 0.5) is 0 Å². The highest BCUT2D eigenvalue weighted by Gasteiger charge is 2.43. The fourth-order valence-electron chi connectivity index (χ4n) is 3.06. The normalized spacial score (nSPS) is 28.7. The second kappa shape index (κ2) is 7.92. The lowest BCUT2D eigenvalue weighted by atomic mass is 9.94. The van der Waals surface area contributed by atoms with Crippen LogP contribution in [-0.4, -0.2) is 67.2 Å². The summed E-state index contributed by atoms with van der Waals surface area (Å²) in [6.07, 6.45) is -2.13. The molecule has 1 fully saturated rings. The first kappa shape index (κ1) is 18.5. The number of carbonyl (C=O) groups excluding carboxylic acids is 1. The second-order valence-corrected chi connectivity index (χ2v) is 6.27. The molecule has 2 heterocycles. The van der Waals surface area contributed by atoms with Crippen molar-refractivity contribution in [2.75, 3.05) is 6.61 Å². The van der Waals surface area contributed by atoms with Crippen LogP contribution in [-0.2, 0) is 11.3 Å². The smallest absolute Gasteiger partial charge is 0.251 e. The van der Waals surface area contributed by atoms with Crippen molar-refractivity contribution < 1.29 is 24.9 Å². The standard InChI is InChI=1S/C17H22N4O5/c1-10-14(16(24)15(23)13(9-22)26-10)21-8-12(19-20-21)7-18-17(25)11-5-3-2-4-6-11/h2-6,8,10,13-16,22-24H,7,9H2,1H3,(H,18,25)/t10-,13+,14-,15-,16+/m0/s1. The van der Waals surface area contributed by atoms with Crippen molar-refractivity contribution in [3.8, 4) is 0 Å². The Morgan fingerprint density at radius 1 is 1.27 bits per heavy atom. The van der Waals surface area contributed by atoms with E-state index in [1.54, 1.807) is 37.4 Å². The van der Waals surface area contributed by atoms with Crippen LogP contribution < -0.4 is 5.32 Å². The lowest BCUT2D eigenvalue weighted by Crippen LogP contribution is -2.55. The highest BCUT2D eigenvalue weighted by atomic mass is 16.5. The Balaban J connectivity index is 1.65. The Kier molecular flexibility index (Phi) is 5.62. The number of nitrogens with one attached hydrogen (secondary N) is 1. The van der Waals surface area contributed by atoms with Gasteiger partial charge in [0.1, 0.15) is 30.0 Å². The van der Waals surface area contributed by atoms with Gasteiger partial charge < -0.3 is 25.4 Å². The van der Waals surface area contributed by atoms with Crippen LogP contribution >= 0.6 is 0 Å². The minimum atomic E-state index is -1.23. The van der Waals surface area contributed by atoms with E-state index in [0.717, 1.165) is 0 Å². The molecule has 5 atom stereocenters. The number of aliphatic hydroxyl groups excluding tert-OH is 3. The van der Waals surface area contributed by atoms with Gasteiger partial charge in [0.15, 0.2) is 0 Å². The van der Waals surface area contributed by atoms with Crippen LogP contribution in [0.5, 0.6) is 0 Å². The molecule has 1 aromatic heterocycles. The zero-order chi connectivity index (χ0) is 18.7. The summed E-state index contributed by atoms with van der Waals surface area (Å²) in [5.41, 5.74) is 1.05. The third kappa shape index (κ3) is 3.75. The van der Waals surface area contributed by atoms with Gasteiger partial charge in [0.25, 0.3) is 5.91 Å². The molecular weight excluding hydrogens is 340 g/mol. The molecule has 140 valence electrons. The molecule has 0 radical (unpaired) electrons. The first-order chi connectivity index (χ1) is 12.5. The van der Waals surface area contributed by atoms with Crippen molar-refractivity contribution in [3.05, 3.63) is 47.8 Å². The van der Waals surface area contributed by atoms with Gasteiger partial charge in [-0.3, -0.25) is 4.79 Å². The molecular formula is C17H22N4O5. The van der Waals surface area contributed by atoms with Crippen molar-refractivity contribution in [1.82, 2.24) is 20.3 Å². The van der Waals surface area contributed by atoms with Gasteiger partial charge in [-0.15, -0.1) is 5.10 Å². The number of nitrogens with zero attached hydrogens (tertiary/aromatic N) is 3. The Hall–Kier alpha value is -2.33. The molecule has 0 saturated carbocycles. The quantitative estimate of drug-likeness (QED) is 0.551. The predicted molar refractivity (Wildman–Crippen MR) is 90.1 cm³/mol. The van der Waals surface area contributed by atoms with Gasteiger partial charge in [-0.2, -0.15) is 0 Å². The Morgan fingerprint density at radius 2 is 2.00 bits per heavy atom. The maximum absolute atomic E-state index is 12.1. The van der Waals surface area contributed by atoms with Gasteiger partial charge in [-0.1, -0.05) is 23.4 Å². The molecule has 9 heteroatoms. The molecule has 3 rings (SSSR count). The maximum atomic E-state index is 12.1. The summed E-state index contributed by atoms with van der Waals surface area (Å²) in [5, 5.41) is 40.3. The van der Waals surface area contributed by atoms with E-state index in [-0.39, 0.29) is 19.1 Å². The van der Waals surface area contributed by atoms with Crippen molar-refractivity contribution in [3.63, 3.8) is 0 Å². The lowest BCUT2D eigenvalue weighted by molar-refractivity contribution is -0.200. The molecule has 9 nitrogen and oxygen atoms in total. The Labute approximate surface area is 150 Å². The monoisotopic (exact) mass is 362 g/mol. The fraction of sp³-hybridized carbons (Fsp3) is 0.471. The predicted octanol–water partition coefficient (Wildman–Crippen LogP) is -0.749. The summed E-state index contributed by atoms with van der Waals surface area (Å²) >= 11 is 0. The van der Waals surface area contributed by atoms with E-state index in [0.29, 0.717) is 11.3 Å². The first-order valence-electron chi connectivity index (χ1n) is 8.37. The number of hydrogen-bond donors (Lipinski definition) is 4. The number of amides is 1. The van der Waals surface area contributed by atoms with E-state index in [1.165, 1.54) is 4.68 Å². The Bertz CT molecular complexity index is 738. The zero-order valence-corrected chi connectivity index (χ0v) is 14.3. The summed E-state index contributed by atoms with van der Waals surface area (Å²) in [4.78, 5) is 12.1. The minimum absolute atomic E-state index is 0.174. The molecule has 4 N–H and O–H groups in total. The molecule has 1 aliphatic heterocycles. The summed E-state index contributed by atoms with van der Waals surface area (Å²) in [7, 11) is 0. The van der Waals surface area contributed by atoms with Crippen molar-refractivity contribution in [1.29, 1.82) is 0 Å². The number of aromatic nitrogens is 3. The molecule has 1 saturated heterocycles. The van der Waals surface area contributed by atoms with Gasteiger partial charge in [0, 0.05) is 5.56 Å². The van der Waals surface area contributed by atoms with Crippen molar-refractivity contribution >= 4 is 5.91 Å². The van der Waals surface area contributed by atoms with Crippen LogP contribution in [0.3, 0.4) is 0 Å². The number of rotatable bonds is 5. The van der Waals surface area contributed by atoms with E-state index in [9.17, 15) is 20.1 Å². The molecule has 2 aromatic rings. The average molecular weight is 362 g/mol. The van der Waals surface area contributed by atoms with Crippen LogP contribution in [0.2, 0.25) is 0 Å². The SMILES string of the molecule is C[C@@H]1O[C@H](CO)[C@H](O)[C@H](O)[C@H]1n1cc(CNC(=O)c2ccccc2)nn1. The van der Waals surface area contributed by atoms with Crippen molar-refractivity contribution in [2.24, 2.45) is 0 Å². The first-order valence-corrected chi connectivity index (χ1v) is 8.37. The van der Waals surface area contributed by atoms with Crippen LogP contribution in [0, 0.1) is 0 Å². The highest BCUT2D eigenvalue weighted by Crippen LogP contribution is 2.29. The van der Waals surface area contributed by atoms with E-state index in [2.05, 4.69) is 15.6 Å². The lowest BCUT2D eigenvalue weighted by Gasteiger charge is -2.40. The molecule has 0 bridgehead atoms. The molecule has 0 aliphatic carbocycles. The third-order valence-electron chi connectivity index (χ3n) is 4.46. The summed E-state index contributed by atoms with van der Waals surface area (Å²) in [6, 6.07) is 8.16. The summed E-state index contributed by atoms with van der Waals surface area (Å²) < 4.78 is 6.94. The van der Waals surface area contributed by atoms with Crippen LogP contribution in [0.15, 0.2) is 36.5 Å². The minimum Gasteiger partial charge on any atom is -0.394 e. The number of hydrogen-bond acceptors (Lipinski definition) is 7. The van der Waals surface area contributed by atoms with Gasteiger partial charge in [0.05, 0.1) is 25.5 Å². The fourth-order valence-corrected chi connectivity index (χ4v) is 3.06. The van der Waals surface area contributed by atoms with Crippen LogP contribution in [0.25, 0.3) is 0 Å². The number of benzene rings is 1. The van der Waals surface area contributed by atoms with Gasteiger partial charge >= 0.3 is 0 Å². The van der Waals surface area contributed by atoms with E-state index in [1.807, 2.05) is 6.07 Å². The molecule has 0 spiro atoms. The average Bonchev–Trinajstić information content (AvgIpc) is 3.12. The van der Waals surface area contributed by atoms with E-state index < -0.39 is 30.5 Å². The van der Waals surface area contributed by atoms with Crippen LogP contribution in [0.1, 0.15) is 29.0 Å². The third-order valence-corrected chi connectivity index (χ3v) is 4.46. The van der Waals surface area contributed by atoms with Gasteiger partial charge in [-0.25, -0.2) is 4.68 Å². The molecule has 1 amide bonds. The second-order valence-electron chi connectivity index (χ2n) is 6.27. The summed E-state index contributed by atoms with van der Waals surface area (Å²) in [5.74, 6) is -0.226. The highest BCUT2D eigenvalue weighted by molar-refractivity contribution is 5.93. The molecule has 0 unspecified atom stereocenters. The van der Waals surface area contributed by atoms with E-state index >= 15 is 0 Å². The van der Waals surface area contributed by atoms with Crippen molar-refractivity contribution in [2.45, 2.75) is 43.9 Å². The maximum Gasteiger partial charge on any atom is 0.251 e.